The summed E-state index contributed by atoms with van der Waals surface area (Å²) >= 11 is 0. The highest BCUT2D eigenvalue weighted by molar-refractivity contribution is 7.92. The number of nitrogens with zero attached hydrogens (tertiary/aromatic N) is 1. The van der Waals surface area contributed by atoms with Gasteiger partial charge in [0, 0.05) is 18.3 Å². The minimum Gasteiger partial charge on any atom is -0.326 e. The summed E-state index contributed by atoms with van der Waals surface area (Å²) in [5.74, 6) is -0.657. The monoisotopic (exact) mass is 389 g/mol. The van der Waals surface area contributed by atoms with Crippen LogP contribution in [0.5, 0.6) is 0 Å². The van der Waals surface area contributed by atoms with E-state index in [1.54, 1.807) is 36.4 Å². The van der Waals surface area contributed by atoms with Gasteiger partial charge in [-0.1, -0.05) is 6.07 Å². The lowest BCUT2D eigenvalue weighted by atomic mass is 10.1. The maximum absolute atomic E-state index is 12.4. The molecule has 0 fully saturated rings. The zero-order valence-corrected chi connectivity index (χ0v) is 16.6. The van der Waals surface area contributed by atoms with E-state index >= 15 is 0 Å². The van der Waals surface area contributed by atoms with Gasteiger partial charge in [0.15, 0.2) is 0 Å². The van der Waals surface area contributed by atoms with E-state index < -0.39 is 15.9 Å². The van der Waals surface area contributed by atoms with Gasteiger partial charge in [0.2, 0.25) is 21.8 Å². The predicted molar refractivity (Wildman–Crippen MR) is 107 cm³/mol. The molecule has 2 aromatic rings. The molecule has 2 rings (SSSR count). The molecular formula is C19H23N3O4S. The number of nitrogens with one attached hydrogen (secondary N) is 2. The van der Waals surface area contributed by atoms with E-state index in [0.29, 0.717) is 17.1 Å². The maximum Gasteiger partial charge on any atom is 0.245 e. The Kier molecular flexibility index (Phi) is 6.22. The van der Waals surface area contributed by atoms with Crippen LogP contribution in [0.1, 0.15) is 18.1 Å². The van der Waals surface area contributed by atoms with Crippen LogP contribution in [0.3, 0.4) is 0 Å². The van der Waals surface area contributed by atoms with Gasteiger partial charge in [0.05, 0.1) is 11.9 Å². The van der Waals surface area contributed by atoms with E-state index in [4.69, 9.17) is 0 Å². The summed E-state index contributed by atoms with van der Waals surface area (Å²) < 4.78 is 25.4. The van der Waals surface area contributed by atoms with Crippen molar-refractivity contribution in [2.24, 2.45) is 0 Å². The molecule has 27 heavy (non-hydrogen) atoms. The van der Waals surface area contributed by atoms with Crippen molar-refractivity contribution in [3.63, 3.8) is 0 Å². The third-order valence-electron chi connectivity index (χ3n) is 3.96. The van der Waals surface area contributed by atoms with Crippen LogP contribution in [0.25, 0.3) is 0 Å². The van der Waals surface area contributed by atoms with Gasteiger partial charge >= 0.3 is 0 Å². The zero-order chi connectivity index (χ0) is 20.2. The molecular weight excluding hydrogens is 366 g/mol. The first-order chi connectivity index (χ1) is 12.6. The van der Waals surface area contributed by atoms with Crippen LogP contribution in [-0.2, 0) is 19.6 Å². The van der Waals surface area contributed by atoms with Gasteiger partial charge in [-0.25, -0.2) is 8.42 Å². The number of sulfonamides is 1. The third kappa shape index (κ3) is 5.82. The topological polar surface area (TPSA) is 95.6 Å². The normalized spacial score (nSPS) is 11.0. The van der Waals surface area contributed by atoms with Crippen molar-refractivity contribution in [3.8, 4) is 0 Å². The Morgan fingerprint density at radius 2 is 1.48 bits per heavy atom. The van der Waals surface area contributed by atoms with Crippen molar-refractivity contribution in [1.29, 1.82) is 0 Å². The first kappa shape index (κ1) is 20.4. The Balaban J connectivity index is 2.14. The first-order valence-corrected chi connectivity index (χ1v) is 10.1. The molecule has 0 atom stereocenters. The molecule has 0 aromatic heterocycles. The summed E-state index contributed by atoms with van der Waals surface area (Å²) in [4.78, 5) is 23.4. The second-order valence-corrected chi connectivity index (χ2v) is 8.25. The Labute approximate surface area is 159 Å². The number of hydrogen-bond acceptors (Lipinski definition) is 4. The van der Waals surface area contributed by atoms with E-state index in [9.17, 15) is 18.0 Å². The lowest BCUT2D eigenvalue weighted by molar-refractivity contribution is -0.115. The summed E-state index contributed by atoms with van der Waals surface area (Å²) in [5.41, 5.74) is 3.53. The largest absolute Gasteiger partial charge is 0.326 e. The number of anilines is 3. The number of amides is 2. The first-order valence-electron chi connectivity index (χ1n) is 8.29. The molecule has 2 aromatic carbocycles. The molecule has 0 saturated heterocycles. The number of carbonyl (C=O) groups is 2. The molecule has 0 aliphatic heterocycles. The minimum atomic E-state index is -3.63. The van der Waals surface area contributed by atoms with Crippen LogP contribution >= 0.6 is 0 Å². The second-order valence-electron chi connectivity index (χ2n) is 6.34. The Hall–Kier alpha value is -2.87. The molecule has 144 valence electrons. The van der Waals surface area contributed by atoms with Crippen LogP contribution in [-0.4, -0.2) is 33.0 Å². The SMILES string of the molecule is CC(=O)Nc1ccc(NC(=O)CN(c2ccc(C)c(C)c2)S(C)(=O)=O)cc1. The number of rotatable bonds is 6. The zero-order valence-electron chi connectivity index (χ0n) is 15.7. The van der Waals surface area contributed by atoms with Crippen molar-refractivity contribution in [2.45, 2.75) is 20.8 Å². The van der Waals surface area contributed by atoms with Gasteiger partial charge in [-0.05, 0) is 61.4 Å². The lowest BCUT2D eigenvalue weighted by Crippen LogP contribution is -2.37. The van der Waals surface area contributed by atoms with Crippen molar-refractivity contribution >= 4 is 38.9 Å². The molecule has 0 spiro atoms. The molecule has 0 saturated carbocycles. The molecule has 0 aliphatic rings. The van der Waals surface area contributed by atoms with Crippen molar-refractivity contribution in [2.75, 3.05) is 27.7 Å². The van der Waals surface area contributed by atoms with Crippen LogP contribution in [0.2, 0.25) is 0 Å². The van der Waals surface area contributed by atoms with Crippen LogP contribution in [0, 0.1) is 13.8 Å². The highest BCUT2D eigenvalue weighted by Crippen LogP contribution is 2.21. The van der Waals surface area contributed by atoms with Crippen LogP contribution < -0.4 is 14.9 Å². The molecule has 8 heteroatoms. The van der Waals surface area contributed by atoms with E-state index in [-0.39, 0.29) is 12.5 Å². The smallest absolute Gasteiger partial charge is 0.245 e. The maximum atomic E-state index is 12.4. The fraction of sp³-hybridized carbons (Fsp3) is 0.263. The lowest BCUT2D eigenvalue weighted by Gasteiger charge is -2.22. The molecule has 2 N–H and O–H groups in total. The van der Waals surface area contributed by atoms with E-state index in [1.807, 2.05) is 19.9 Å². The van der Waals surface area contributed by atoms with Gasteiger partial charge in [-0.15, -0.1) is 0 Å². The van der Waals surface area contributed by atoms with Crippen molar-refractivity contribution in [3.05, 3.63) is 53.6 Å². The summed E-state index contributed by atoms with van der Waals surface area (Å²) in [6.07, 6.45) is 1.07. The van der Waals surface area contributed by atoms with Crippen LogP contribution in [0.4, 0.5) is 17.1 Å². The van der Waals surface area contributed by atoms with Gasteiger partial charge in [-0.2, -0.15) is 0 Å². The number of hydrogen-bond donors (Lipinski definition) is 2. The van der Waals surface area contributed by atoms with Crippen molar-refractivity contribution < 1.29 is 18.0 Å². The standard InChI is InChI=1S/C19H23N3O4S/c1-13-5-10-18(11-14(13)2)22(27(4,25)26)12-19(24)21-17-8-6-16(7-9-17)20-15(3)23/h5-11H,12H2,1-4H3,(H,20,23)(H,21,24). The molecule has 0 heterocycles. The van der Waals surface area contributed by atoms with Gasteiger partial charge in [-0.3, -0.25) is 13.9 Å². The summed E-state index contributed by atoms with van der Waals surface area (Å²) in [6, 6.07) is 11.8. The van der Waals surface area contributed by atoms with E-state index in [0.717, 1.165) is 21.7 Å². The average Bonchev–Trinajstić information content (AvgIpc) is 2.56. The fourth-order valence-corrected chi connectivity index (χ4v) is 3.30. The average molecular weight is 389 g/mol. The van der Waals surface area contributed by atoms with Crippen molar-refractivity contribution in [1.82, 2.24) is 0 Å². The Morgan fingerprint density at radius 1 is 0.926 bits per heavy atom. The predicted octanol–water partition coefficient (Wildman–Crippen LogP) is 2.67. The number of aryl methyl sites for hydroxylation is 2. The molecule has 2 amide bonds. The second kappa shape index (κ2) is 8.22. The van der Waals surface area contributed by atoms with E-state index in [2.05, 4.69) is 10.6 Å². The highest BCUT2D eigenvalue weighted by Gasteiger charge is 2.21. The quantitative estimate of drug-likeness (QED) is 0.794. The Morgan fingerprint density at radius 3 is 1.96 bits per heavy atom. The molecule has 7 nitrogen and oxygen atoms in total. The summed E-state index contributed by atoms with van der Waals surface area (Å²) in [7, 11) is -3.63. The number of carbonyl (C=O) groups excluding carboxylic acids is 2. The van der Waals surface area contributed by atoms with E-state index in [1.165, 1.54) is 6.92 Å². The Bertz CT molecular complexity index is 953. The van der Waals surface area contributed by atoms with Gasteiger partial charge in [0.1, 0.15) is 6.54 Å². The molecule has 0 bridgehead atoms. The summed E-state index contributed by atoms with van der Waals surface area (Å²) in [5, 5.41) is 5.29. The molecule has 0 aliphatic carbocycles. The van der Waals surface area contributed by atoms with Gasteiger partial charge < -0.3 is 10.6 Å². The number of benzene rings is 2. The molecule has 0 unspecified atom stereocenters. The fourth-order valence-electron chi connectivity index (χ4n) is 2.45. The van der Waals surface area contributed by atoms with Crippen LogP contribution in [0.15, 0.2) is 42.5 Å². The third-order valence-corrected chi connectivity index (χ3v) is 5.10. The minimum absolute atomic E-state index is 0.191. The highest BCUT2D eigenvalue weighted by atomic mass is 32.2. The summed E-state index contributed by atoms with van der Waals surface area (Å²) in [6.45, 7) is 4.88. The molecule has 0 radical (unpaired) electrons. The van der Waals surface area contributed by atoms with Gasteiger partial charge in [0.25, 0.3) is 0 Å².